The van der Waals surface area contributed by atoms with E-state index in [1.807, 2.05) is 0 Å². The molecule has 0 radical (unpaired) electrons. The molecule has 63 heavy (non-hydrogen) atoms. The molecular formula is C57H92O6. The first-order valence-corrected chi connectivity index (χ1v) is 25.4. The van der Waals surface area contributed by atoms with Crippen molar-refractivity contribution in [3.8, 4) is 0 Å². The average Bonchev–Trinajstić information content (AvgIpc) is 3.28. The van der Waals surface area contributed by atoms with Gasteiger partial charge in [0.25, 0.3) is 0 Å². The van der Waals surface area contributed by atoms with Crippen LogP contribution in [0, 0.1) is 0 Å². The van der Waals surface area contributed by atoms with Crippen LogP contribution in [0.15, 0.2) is 109 Å². The molecule has 356 valence electrons. The molecule has 1 atom stereocenters. The molecule has 0 saturated carbocycles. The van der Waals surface area contributed by atoms with Crippen LogP contribution in [0.1, 0.15) is 213 Å². The quantitative estimate of drug-likeness (QED) is 0.0263. The van der Waals surface area contributed by atoms with Crippen LogP contribution in [0.25, 0.3) is 0 Å². The molecule has 6 heteroatoms. The van der Waals surface area contributed by atoms with Gasteiger partial charge in [-0.3, -0.25) is 14.4 Å². The molecule has 0 aromatic heterocycles. The maximum Gasteiger partial charge on any atom is 0.306 e. The molecule has 0 amide bonds. The zero-order chi connectivity index (χ0) is 45.8. The highest BCUT2D eigenvalue weighted by molar-refractivity contribution is 5.71. The third-order valence-electron chi connectivity index (χ3n) is 10.2. The van der Waals surface area contributed by atoms with E-state index in [2.05, 4.69) is 130 Å². The smallest absolute Gasteiger partial charge is 0.306 e. The lowest BCUT2D eigenvalue weighted by Gasteiger charge is -2.18. The standard InChI is InChI=1S/C57H92O6/c1-4-7-10-13-16-19-22-25-28-31-34-37-40-43-46-49-55(58)61-52-54(63-57(60)51-48-45-42-39-36-33-30-27-24-21-18-15-12-9-6-3)53-62-56(59)50-47-44-41-38-35-32-29-26-23-20-17-14-11-8-5-2/h7,9-10,12,16-21,25-30,34,37,54H,4-6,8,11,13-15,22-24,31-33,35-36,38-53H2,1-3H3/b10-7-,12-9-,19-16-,20-17-,21-18-,28-25-,29-26-,30-27-,37-34-. The van der Waals surface area contributed by atoms with Crippen molar-refractivity contribution in [2.24, 2.45) is 0 Å². The van der Waals surface area contributed by atoms with Crippen LogP contribution in [0.2, 0.25) is 0 Å². The number of hydrogen-bond acceptors (Lipinski definition) is 6. The normalized spacial score (nSPS) is 13.0. The molecule has 0 fully saturated rings. The Kier molecular flexibility index (Phi) is 47.5. The van der Waals surface area contributed by atoms with Crippen LogP contribution < -0.4 is 0 Å². The molecule has 0 aromatic carbocycles. The Morgan fingerprint density at radius 2 is 0.619 bits per heavy atom. The second kappa shape index (κ2) is 50.7. The van der Waals surface area contributed by atoms with Gasteiger partial charge in [0.2, 0.25) is 0 Å². The first kappa shape index (κ1) is 59.1. The van der Waals surface area contributed by atoms with Gasteiger partial charge >= 0.3 is 17.9 Å². The third kappa shape index (κ3) is 49.0. The van der Waals surface area contributed by atoms with Crippen molar-refractivity contribution in [1.82, 2.24) is 0 Å². The second-order valence-corrected chi connectivity index (χ2v) is 16.3. The van der Waals surface area contributed by atoms with Gasteiger partial charge in [0, 0.05) is 19.3 Å². The zero-order valence-corrected chi connectivity index (χ0v) is 40.5. The fourth-order valence-electron chi connectivity index (χ4n) is 6.48. The number of carbonyl (C=O) groups is 3. The number of allylic oxidation sites excluding steroid dienone is 18. The van der Waals surface area contributed by atoms with Crippen molar-refractivity contribution in [3.63, 3.8) is 0 Å². The van der Waals surface area contributed by atoms with Gasteiger partial charge in [-0.2, -0.15) is 0 Å². The Bertz CT molecular complexity index is 1330. The number of carbonyl (C=O) groups excluding carboxylic acids is 3. The minimum Gasteiger partial charge on any atom is -0.462 e. The van der Waals surface area contributed by atoms with Gasteiger partial charge in [-0.1, -0.05) is 182 Å². The van der Waals surface area contributed by atoms with E-state index in [0.717, 1.165) is 141 Å². The van der Waals surface area contributed by atoms with E-state index in [-0.39, 0.29) is 31.1 Å². The number of esters is 3. The van der Waals surface area contributed by atoms with Crippen molar-refractivity contribution in [2.75, 3.05) is 13.2 Å². The van der Waals surface area contributed by atoms with Crippen molar-refractivity contribution < 1.29 is 28.6 Å². The SMILES string of the molecule is CC/C=C\C/C=C\C/C=C\C/C=C\CCCCC(=O)OCC(COC(=O)CCCCCCC/C=C\C/C=C\CCCCC)OC(=O)CCCCCCC/C=C\C/C=C\C/C=C\CC. The molecule has 0 N–H and O–H groups in total. The Morgan fingerprint density at radius 1 is 0.333 bits per heavy atom. The highest BCUT2D eigenvalue weighted by Crippen LogP contribution is 2.12. The summed E-state index contributed by atoms with van der Waals surface area (Å²) in [7, 11) is 0. The maximum atomic E-state index is 12.8. The second-order valence-electron chi connectivity index (χ2n) is 16.3. The first-order chi connectivity index (χ1) is 31.0. The minimum atomic E-state index is -0.811. The van der Waals surface area contributed by atoms with E-state index >= 15 is 0 Å². The van der Waals surface area contributed by atoms with Crippen LogP contribution in [0.5, 0.6) is 0 Å². The van der Waals surface area contributed by atoms with E-state index in [1.54, 1.807) is 0 Å². The predicted octanol–water partition coefficient (Wildman–Crippen LogP) is 16.8. The van der Waals surface area contributed by atoms with Crippen molar-refractivity contribution in [3.05, 3.63) is 109 Å². The number of rotatable bonds is 44. The summed E-state index contributed by atoms with van der Waals surface area (Å²) in [4.78, 5) is 38.0. The summed E-state index contributed by atoms with van der Waals surface area (Å²) >= 11 is 0. The maximum absolute atomic E-state index is 12.8. The molecule has 0 saturated heterocycles. The number of unbranched alkanes of at least 4 members (excludes halogenated alkanes) is 15. The summed E-state index contributed by atoms with van der Waals surface area (Å²) in [6, 6.07) is 0. The van der Waals surface area contributed by atoms with Gasteiger partial charge in [-0.05, 0) is 122 Å². The fraction of sp³-hybridized carbons (Fsp3) is 0.632. The molecule has 0 spiro atoms. The van der Waals surface area contributed by atoms with Gasteiger partial charge in [0.05, 0.1) is 0 Å². The molecular weight excluding hydrogens is 781 g/mol. The lowest BCUT2D eigenvalue weighted by molar-refractivity contribution is -0.167. The fourth-order valence-corrected chi connectivity index (χ4v) is 6.48. The molecule has 0 aliphatic heterocycles. The Balaban J connectivity index is 4.53. The first-order valence-electron chi connectivity index (χ1n) is 25.4. The van der Waals surface area contributed by atoms with Crippen LogP contribution in [-0.2, 0) is 28.6 Å². The van der Waals surface area contributed by atoms with Crippen LogP contribution in [-0.4, -0.2) is 37.2 Å². The van der Waals surface area contributed by atoms with E-state index < -0.39 is 6.10 Å². The van der Waals surface area contributed by atoms with Crippen molar-refractivity contribution in [2.45, 2.75) is 219 Å². The van der Waals surface area contributed by atoms with Crippen LogP contribution in [0.4, 0.5) is 0 Å². The van der Waals surface area contributed by atoms with E-state index in [0.29, 0.717) is 25.7 Å². The van der Waals surface area contributed by atoms with Gasteiger partial charge < -0.3 is 14.2 Å². The summed E-state index contributed by atoms with van der Waals surface area (Å²) in [5.41, 5.74) is 0. The summed E-state index contributed by atoms with van der Waals surface area (Å²) in [6.07, 6.45) is 67.8. The lowest BCUT2D eigenvalue weighted by Crippen LogP contribution is -2.30. The van der Waals surface area contributed by atoms with Crippen molar-refractivity contribution >= 4 is 17.9 Å². The molecule has 0 aliphatic carbocycles. The van der Waals surface area contributed by atoms with Crippen LogP contribution >= 0.6 is 0 Å². The average molecular weight is 873 g/mol. The minimum absolute atomic E-state index is 0.108. The molecule has 0 rings (SSSR count). The molecule has 6 nitrogen and oxygen atoms in total. The van der Waals surface area contributed by atoms with Gasteiger partial charge in [0.1, 0.15) is 13.2 Å². The number of hydrogen-bond donors (Lipinski definition) is 0. The van der Waals surface area contributed by atoms with Gasteiger partial charge in [0.15, 0.2) is 6.10 Å². The lowest BCUT2D eigenvalue weighted by atomic mass is 10.1. The van der Waals surface area contributed by atoms with E-state index in [1.165, 1.54) is 25.7 Å². The molecule has 0 heterocycles. The Morgan fingerprint density at radius 3 is 1.00 bits per heavy atom. The third-order valence-corrected chi connectivity index (χ3v) is 10.2. The predicted molar refractivity (Wildman–Crippen MR) is 270 cm³/mol. The Hall–Kier alpha value is -3.93. The molecule has 0 aliphatic rings. The topological polar surface area (TPSA) is 78.9 Å². The molecule has 0 bridgehead atoms. The number of ether oxygens (including phenoxy) is 3. The largest absolute Gasteiger partial charge is 0.462 e. The molecule has 1 unspecified atom stereocenters. The van der Waals surface area contributed by atoms with Crippen LogP contribution in [0.3, 0.4) is 0 Å². The van der Waals surface area contributed by atoms with Crippen molar-refractivity contribution in [1.29, 1.82) is 0 Å². The Labute approximate surface area is 387 Å². The summed E-state index contributed by atoms with van der Waals surface area (Å²) in [5.74, 6) is -0.987. The summed E-state index contributed by atoms with van der Waals surface area (Å²) in [6.45, 7) is 6.30. The van der Waals surface area contributed by atoms with E-state index in [9.17, 15) is 14.4 Å². The molecule has 0 aromatic rings. The monoisotopic (exact) mass is 873 g/mol. The summed E-state index contributed by atoms with van der Waals surface area (Å²) < 4.78 is 16.7. The van der Waals surface area contributed by atoms with Gasteiger partial charge in [-0.25, -0.2) is 0 Å². The highest BCUT2D eigenvalue weighted by Gasteiger charge is 2.19. The van der Waals surface area contributed by atoms with Gasteiger partial charge in [-0.15, -0.1) is 0 Å². The summed E-state index contributed by atoms with van der Waals surface area (Å²) in [5, 5.41) is 0. The zero-order valence-electron chi connectivity index (χ0n) is 40.5. The highest BCUT2D eigenvalue weighted by atomic mass is 16.6. The van der Waals surface area contributed by atoms with E-state index in [4.69, 9.17) is 14.2 Å².